The van der Waals surface area contributed by atoms with Gasteiger partial charge in [-0.3, -0.25) is 0 Å². The molecule has 0 N–H and O–H groups in total. The minimum absolute atomic E-state index is 1.18. The largest absolute Gasteiger partial charge is 0.0845 e. The number of rotatable bonds is 6. The molecule has 0 nitrogen and oxygen atoms in total. The van der Waals surface area contributed by atoms with Crippen molar-refractivity contribution in [2.24, 2.45) is 0 Å². The van der Waals surface area contributed by atoms with Crippen molar-refractivity contribution in [3.05, 3.63) is 36.5 Å². The Morgan fingerprint density at radius 2 is 1.08 bits per heavy atom. The van der Waals surface area contributed by atoms with Crippen LogP contribution in [0.1, 0.15) is 39.5 Å². The first kappa shape index (κ1) is 11.2. The Labute approximate surface area is 76.7 Å². The summed E-state index contributed by atoms with van der Waals surface area (Å²) in [5.74, 6) is 0. The summed E-state index contributed by atoms with van der Waals surface area (Å²) in [6.45, 7) is 4.38. The van der Waals surface area contributed by atoms with Crippen LogP contribution in [0.3, 0.4) is 0 Å². The summed E-state index contributed by atoms with van der Waals surface area (Å²) < 4.78 is 0. The molecule has 0 aliphatic heterocycles. The molecule has 0 saturated carbocycles. The van der Waals surface area contributed by atoms with Crippen LogP contribution in [0, 0.1) is 0 Å². The molecular formula is C12H20. The van der Waals surface area contributed by atoms with E-state index >= 15 is 0 Å². The zero-order valence-corrected chi connectivity index (χ0v) is 8.29. The van der Waals surface area contributed by atoms with E-state index in [2.05, 4.69) is 50.3 Å². The summed E-state index contributed by atoms with van der Waals surface area (Å²) >= 11 is 0. The molecule has 0 heteroatoms. The summed E-state index contributed by atoms with van der Waals surface area (Å²) in [6.07, 6.45) is 17.6. The predicted octanol–water partition coefficient (Wildman–Crippen LogP) is 4.26. The fourth-order valence-corrected chi connectivity index (χ4v) is 0.811. The van der Waals surface area contributed by atoms with E-state index in [1.54, 1.807) is 0 Å². The van der Waals surface area contributed by atoms with Crippen molar-refractivity contribution in [3.8, 4) is 0 Å². The molecule has 0 saturated heterocycles. The highest BCUT2D eigenvalue weighted by atomic mass is 13.8. The van der Waals surface area contributed by atoms with E-state index in [4.69, 9.17) is 0 Å². The molecule has 0 aromatic heterocycles. The molecule has 0 atom stereocenters. The summed E-state index contributed by atoms with van der Waals surface area (Å²) in [7, 11) is 0. The van der Waals surface area contributed by atoms with Crippen molar-refractivity contribution >= 4 is 0 Å². The molecule has 0 rings (SSSR count). The summed E-state index contributed by atoms with van der Waals surface area (Å²) in [5.41, 5.74) is 0. The molecule has 0 amide bonds. The lowest BCUT2D eigenvalue weighted by Gasteiger charge is -1.81. The maximum atomic E-state index is 2.20. The van der Waals surface area contributed by atoms with Gasteiger partial charge in [0.1, 0.15) is 0 Å². The average molecular weight is 164 g/mol. The predicted molar refractivity (Wildman–Crippen MR) is 57.2 cm³/mol. The van der Waals surface area contributed by atoms with E-state index in [1.165, 1.54) is 25.7 Å². The SMILES string of the molecule is CCCC=CC=CC=CCCC. The zero-order valence-electron chi connectivity index (χ0n) is 8.29. The minimum Gasteiger partial charge on any atom is -0.0845 e. The smallest absolute Gasteiger partial charge is 0.0350 e. The van der Waals surface area contributed by atoms with Gasteiger partial charge in [-0.25, -0.2) is 0 Å². The van der Waals surface area contributed by atoms with E-state index in [-0.39, 0.29) is 0 Å². The Balaban J connectivity index is 3.35. The summed E-state index contributed by atoms with van der Waals surface area (Å²) in [4.78, 5) is 0. The standard InChI is InChI=1S/C12H20/c1-3-5-7-9-11-12-10-8-6-4-2/h7-12H,3-6H2,1-2H3. The van der Waals surface area contributed by atoms with Crippen LogP contribution in [0.5, 0.6) is 0 Å². The third-order valence-electron chi connectivity index (χ3n) is 1.52. The maximum absolute atomic E-state index is 2.20. The van der Waals surface area contributed by atoms with Crippen LogP contribution in [0.15, 0.2) is 36.5 Å². The van der Waals surface area contributed by atoms with Crippen LogP contribution in [0.4, 0.5) is 0 Å². The van der Waals surface area contributed by atoms with Gasteiger partial charge in [-0.15, -0.1) is 0 Å². The molecule has 0 bridgehead atoms. The van der Waals surface area contributed by atoms with Gasteiger partial charge >= 0.3 is 0 Å². The van der Waals surface area contributed by atoms with Crippen molar-refractivity contribution < 1.29 is 0 Å². The Bertz CT molecular complexity index is 131. The summed E-state index contributed by atoms with van der Waals surface area (Å²) in [6, 6.07) is 0. The lowest BCUT2D eigenvalue weighted by Crippen LogP contribution is -1.60. The highest BCUT2D eigenvalue weighted by Crippen LogP contribution is 1.91. The molecule has 0 aliphatic rings. The second-order valence-electron chi connectivity index (χ2n) is 2.82. The van der Waals surface area contributed by atoms with Gasteiger partial charge in [0, 0.05) is 0 Å². The van der Waals surface area contributed by atoms with Crippen LogP contribution >= 0.6 is 0 Å². The molecule has 12 heavy (non-hydrogen) atoms. The van der Waals surface area contributed by atoms with Crippen LogP contribution in [0.2, 0.25) is 0 Å². The number of hydrogen-bond donors (Lipinski definition) is 0. The van der Waals surface area contributed by atoms with E-state index in [1.807, 2.05) is 0 Å². The molecule has 0 aliphatic carbocycles. The first-order valence-corrected chi connectivity index (χ1v) is 4.90. The van der Waals surface area contributed by atoms with Crippen LogP contribution < -0.4 is 0 Å². The van der Waals surface area contributed by atoms with Gasteiger partial charge in [-0.2, -0.15) is 0 Å². The molecule has 68 valence electrons. The molecule has 0 spiro atoms. The van der Waals surface area contributed by atoms with Crippen LogP contribution in [-0.2, 0) is 0 Å². The van der Waals surface area contributed by atoms with Crippen molar-refractivity contribution in [2.45, 2.75) is 39.5 Å². The van der Waals surface area contributed by atoms with E-state index in [0.29, 0.717) is 0 Å². The van der Waals surface area contributed by atoms with Gasteiger partial charge in [0.15, 0.2) is 0 Å². The Morgan fingerprint density at radius 3 is 1.42 bits per heavy atom. The fraction of sp³-hybridized carbons (Fsp3) is 0.500. The zero-order chi connectivity index (χ0) is 9.07. The normalized spacial score (nSPS) is 12.5. The highest BCUT2D eigenvalue weighted by Gasteiger charge is 1.70. The Hall–Kier alpha value is -0.780. The molecular weight excluding hydrogens is 144 g/mol. The Kier molecular flexibility index (Phi) is 9.56. The van der Waals surface area contributed by atoms with Crippen molar-refractivity contribution in [2.75, 3.05) is 0 Å². The molecule has 0 aromatic carbocycles. The van der Waals surface area contributed by atoms with Gasteiger partial charge in [-0.05, 0) is 12.8 Å². The van der Waals surface area contributed by atoms with Crippen molar-refractivity contribution in [3.63, 3.8) is 0 Å². The molecule has 0 fully saturated rings. The van der Waals surface area contributed by atoms with Gasteiger partial charge in [0.25, 0.3) is 0 Å². The van der Waals surface area contributed by atoms with E-state index in [9.17, 15) is 0 Å². The number of unbranched alkanes of at least 4 members (excludes halogenated alkanes) is 2. The first-order valence-electron chi connectivity index (χ1n) is 4.90. The lowest BCUT2D eigenvalue weighted by atomic mass is 10.3. The number of hydrogen-bond acceptors (Lipinski definition) is 0. The monoisotopic (exact) mass is 164 g/mol. The second-order valence-corrected chi connectivity index (χ2v) is 2.82. The second kappa shape index (κ2) is 10.2. The maximum Gasteiger partial charge on any atom is -0.0350 e. The topological polar surface area (TPSA) is 0 Å². The highest BCUT2D eigenvalue weighted by molar-refractivity contribution is 5.10. The van der Waals surface area contributed by atoms with E-state index in [0.717, 1.165) is 0 Å². The van der Waals surface area contributed by atoms with Gasteiger partial charge in [0.05, 0.1) is 0 Å². The quantitative estimate of drug-likeness (QED) is 0.515. The third kappa shape index (κ3) is 9.22. The molecule has 0 aromatic rings. The van der Waals surface area contributed by atoms with Crippen molar-refractivity contribution in [1.29, 1.82) is 0 Å². The molecule has 0 unspecified atom stereocenters. The molecule has 0 radical (unpaired) electrons. The summed E-state index contributed by atoms with van der Waals surface area (Å²) in [5, 5.41) is 0. The van der Waals surface area contributed by atoms with Gasteiger partial charge in [-0.1, -0.05) is 63.1 Å². The number of allylic oxidation sites excluding steroid dienone is 6. The first-order chi connectivity index (χ1) is 5.91. The third-order valence-corrected chi connectivity index (χ3v) is 1.52. The van der Waals surface area contributed by atoms with Crippen LogP contribution in [0.25, 0.3) is 0 Å². The van der Waals surface area contributed by atoms with E-state index < -0.39 is 0 Å². The fourth-order valence-electron chi connectivity index (χ4n) is 0.811. The molecule has 0 heterocycles. The Morgan fingerprint density at radius 1 is 0.667 bits per heavy atom. The van der Waals surface area contributed by atoms with Crippen molar-refractivity contribution in [1.82, 2.24) is 0 Å². The minimum atomic E-state index is 1.18. The lowest BCUT2D eigenvalue weighted by molar-refractivity contribution is 0.958. The van der Waals surface area contributed by atoms with Crippen LogP contribution in [-0.4, -0.2) is 0 Å². The van der Waals surface area contributed by atoms with Gasteiger partial charge < -0.3 is 0 Å². The average Bonchev–Trinajstić information content (AvgIpc) is 2.10. The van der Waals surface area contributed by atoms with Gasteiger partial charge in [0.2, 0.25) is 0 Å².